The molecule has 3 aliphatic heterocycles. The summed E-state index contributed by atoms with van der Waals surface area (Å²) in [5, 5.41) is 6.49. The fourth-order valence-electron chi connectivity index (χ4n) is 4.96. The number of rotatable bonds is 5. The molecule has 0 aromatic heterocycles. The highest BCUT2D eigenvalue weighted by molar-refractivity contribution is 6.31. The number of benzene rings is 1. The topological polar surface area (TPSA) is 122 Å². The smallest absolute Gasteiger partial charge is 0.250 e. The average Bonchev–Trinajstić information content (AvgIpc) is 3.25. The van der Waals surface area contributed by atoms with Crippen molar-refractivity contribution in [2.45, 2.75) is 50.7 Å². The van der Waals surface area contributed by atoms with Crippen LogP contribution in [0.5, 0.6) is 0 Å². The first-order valence-corrected chi connectivity index (χ1v) is 10.1. The van der Waals surface area contributed by atoms with Crippen molar-refractivity contribution in [1.82, 2.24) is 10.2 Å². The molecule has 29 heavy (non-hydrogen) atoms. The number of anilines is 1. The van der Waals surface area contributed by atoms with Crippen LogP contribution in [0, 0.1) is 11.8 Å². The Hall–Kier alpha value is -2.45. The maximum absolute atomic E-state index is 13.4. The molecule has 0 bridgehead atoms. The molecule has 154 valence electrons. The lowest BCUT2D eigenvalue weighted by atomic mass is 9.76. The van der Waals surface area contributed by atoms with E-state index in [4.69, 9.17) is 17.3 Å². The van der Waals surface area contributed by atoms with Gasteiger partial charge in [-0.3, -0.25) is 29.4 Å². The van der Waals surface area contributed by atoms with Crippen molar-refractivity contribution in [3.05, 3.63) is 28.8 Å². The van der Waals surface area contributed by atoms with E-state index in [1.54, 1.807) is 18.2 Å². The minimum Gasteiger partial charge on any atom is -0.370 e. The van der Waals surface area contributed by atoms with Gasteiger partial charge in [0.15, 0.2) is 0 Å². The molecule has 3 heterocycles. The lowest BCUT2D eigenvalue weighted by Gasteiger charge is -2.31. The van der Waals surface area contributed by atoms with Crippen LogP contribution in [0.2, 0.25) is 5.02 Å². The molecule has 1 spiro atoms. The fraction of sp³-hybridized carbons (Fsp3) is 0.500. The summed E-state index contributed by atoms with van der Waals surface area (Å²) in [5.41, 5.74) is 5.02. The largest absolute Gasteiger partial charge is 0.370 e. The second-order valence-electron chi connectivity index (χ2n) is 8.02. The molecule has 4 N–H and O–H groups in total. The normalized spacial score (nSPS) is 31.2. The number of nitrogens with two attached hydrogens (primary N) is 1. The summed E-state index contributed by atoms with van der Waals surface area (Å²) in [4.78, 5) is 52.6. The summed E-state index contributed by atoms with van der Waals surface area (Å²) >= 11 is 6.19. The van der Waals surface area contributed by atoms with Crippen molar-refractivity contribution in [2.24, 2.45) is 17.6 Å². The van der Waals surface area contributed by atoms with Crippen LogP contribution in [-0.2, 0) is 24.7 Å². The van der Waals surface area contributed by atoms with Crippen LogP contribution in [0.1, 0.15) is 38.7 Å². The van der Waals surface area contributed by atoms with E-state index in [-0.39, 0.29) is 30.7 Å². The summed E-state index contributed by atoms with van der Waals surface area (Å²) < 4.78 is 0. The molecule has 0 saturated carbocycles. The molecule has 4 amide bonds. The minimum absolute atomic E-state index is 0.0474. The van der Waals surface area contributed by atoms with Gasteiger partial charge in [0.25, 0.3) is 0 Å². The zero-order valence-corrected chi connectivity index (χ0v) is 17.0. The van der Waals surface area contributed by atoms with Crippen molar-refractivity contribution in [2.75, 3.05) is 5.32 Å². The number of halogens is 1. The van der Waals surface area contributed by atoms with E-state index in [1.165, 1.54) is 4.90 Å². The average molecular weight is 419 g/mol. The van der Waals surface area contributed by atoms with Gasteiger partial charge in [0.05, 0.1) is 11.8 Å². The number of carbonyl (C=O) groups is 4. The molecule has 0 unspecified atom stereocenters. The Bertz CT molecular complexity index is 935. The number of nitrogens with one attached hydrogen (secondary N) is 2. The highest BCUT2D eigenvalue weighted by Gasteiger charge is 2.70. The van der Waals surface area contributed by atoms with Gasteiger partial charge in [0.1, 0.15) is 5.54 Å². The van der Waals surface area contributed by atoms with Crippen LogP contribution in [0.3, 0.4) is 0 Å². The maximum atomic E-state index is 13.4. The molecule has 5 atom stereocenters. The number of primary amides is 1. The quantitative estimate of drug-likeness (QED) is 0.618. The predicted molar refractivity (Wildman–Crippen MR) is 106 cm³/mol. The second-order valence-corrected chi connectivity index (χ2v) is 8.45. The Morgan fingerprint density at radius 2 is 2.03 bits per heavy atom. The Morgan fingerprint density at radius 3 is 2.69 bits per heavy atom. The van der Waals surface area contributed by atoms with Gasteiger partial charge in [-0.1, -0.05) is 18.5 Å². The summed E-state index contributed by atoms with van der Waals surface area (Å²) in [6.45, 7) is 3.71. The highest BCUT2D eigenvalue weighted by Crippen LogP contribution is 2.54. The molecule has 3 aliphatic rings. The summed E-state index contributed by atoms with van der Waals surface area (Å²) in [7, 11) is 0. The van der Waals surface area contributed by atoms with E-state index in [1.807, 2.05) is 13.8 Å². The third-order valence-corrected chi connectivity index (χ3v) is 6.68. The van der Waals surface area contributed by atoms with E-state index in [2.05, 4.69) is 10.6 Å². The van der Waals surface area contributed by atoms with Gasteiger partial charge in [-0.25, -0.2) is 0 Å². The summed E-state index contributed by atoms with van der Waals surface area (Å²) in [6, 6.07) is 4.18. The fourth-order valence-corrected chi connectivity index (χ4v) is 5.13. The summed E-state index contributed by atoms with van der Waals surface area (Å²) in [6.07, 6.45) is 0.915. The van der Waals surface area contributed by atoms with Crippen LogP contribution in [-0.4, -0.2) is 40.6 Å². The van der Waals surface area contributed by atoms with Crippen molar-refractivity contribution < 1.29 is 19.2 Å². The monoisotopic (exact) mass is 418 g/mol. The number of likely N-dealkylation sites (tertiary alicyclic amines) is 1. The van der Waals surface area contributed by atoms with Crippen LogP contribution >= 0.6 is 11.6 Å². The summed E-state index contributed by atoms with van der Waals surface area (Å²) in [5.74, 6) is -3.21. The lowest BCUT2D eigenvalue weighted by molar-refractivity contribution is -0.145. The number of amides is 4. The first kappa shape index (κ1) is 19.8. The van der Waals surface area contributed by atoms with Crippen LogP contribution < -0.4 is 16.4 Å². The lowest BCUT2D eigenvalue weighted by Crippen LogP contribution is -2.54. The van der Waals surface area contributed by atoms with Gasteiger partial charge >= 0.3 is 0 Å². The molecular formula is C20H23ClN4O4. The Balaban J connectivity index is 1.85. The molecule has 1 aromatic carbocycles. The van der Waals surface area contributed by atoms with E-state index in [9.17, 15) is 19.2 Å². The molecule has 1 aromatic rings. The molecule has 2 saturated heterocycles. The number of hydrogen-bond donors (Lipinski definition) is 3. The standard InChI is InChI=1S/C20H23ClN4O4/c1-3-9(2)25-17(27)15-13(6-7-14(22)26)24-20(16(15)18(25)28)11-8-10(21)4-5-12(11)23-19(20)29/h4-5,8-9,13,15-16,24H,3,6-7H2,1-2H3,(H2,22,26)(H,23,29)/t9-,13-,15-,16+,20+/m1/s1. The minimum atomic E-state index is -1.40. The molecule has 9 heteroatoms. The highest BCUT2D eigenvalue weighted by atomic mass is 35.5. The SMILES string of the molecule is CC[C@@H](C)N1C(=O)[C@H]2[C@@H](C1=O)[C@]1(N[C@@H]2CCC(N)=O)C(=O)Nc2ccc(Cl)cc21. The van der Waals surface area contributed by atoms with Gasteiger partial charge in [0.2, 0.25) is 23.6 Å². The molecule has 2 fully saturated rings. The predicted octanol–water partition coefficient (Wildman–Crippen LogP) is 1.12. The zero-order valence-electron chi connectivity index (χ0n) is 16.2. The Kier molecular flexibility index (Phi) is 4.66. The van der Waals surface area contributed by atoms with Gasteiger partial charge in [-0.2, -0.15) is 0 Å². The third kappa shape index (κ3) is 2.69. The van der Waals surface area contributed by atoms with Crippen LogP contribution in [0.15, 0.2) is 18.2 Å². The molecule has 0 aliphatic carbocycles. The van der Waals surface area contributed by atoms with Crippen molar-refractivity contribution >= 4 is 40.9 Å². The number of nitrogens with zero attached hydrogens (tertiary/aromatic N) is 1. The van der Waals surface area contributed by atoms with E-state index < -0.39 is 35.2 Å². The number of imide groups is 1. The third-order valence-electron chi connectivity index (χ3n) is 6.44. The molecular weight excluding hydrogens is 396 g/mol. The van der Waals surface area contributed by atoms with E-state index >= 15 is 0 Å². The van der Waals surface area contributed by atoms with Gasteiger partial charge in [-0.05, 0) is 38.0 Å². The number of hydrogen-bond acceptors (Lipinski definition) is 5. The molecule has 8 nitrogen and oxygen atoms in total. The Morgan fingerprint density at radius 1 is 1.31 bits per heavy atom. The zero-order chi connectivity index (χ0) is 21.1. The molecule has 4 rings (SSSR count). The van der Waals surface area contributed by atoms with Crippen LogP contribution in [0.4, 0.5) is 5.69 Å². The van der Waals surface area contributed by atoms with E-state index in [0.717, 1.165) is 0 Å². The molecule has 0 radical (unpaired) electrons. The number of fused-ring (bicyclic) bond motifs is 4. The van der Waals surface area contributed by atoms with E-state index in [0.29, 0.717) is 22.7 Å². The van der Waals surface area contributed by atoms with Crippen LogP contribution in [0.25, 0.3) is 0 Å². The first-order valence-electron chi connectivity index (χ1n) is 9.76. The first-order chi connectivity index (χ1) is 13.7. The second kappa shape index (κ2) is 6.81. The van der Waals surface area contributed by atoms with Crippen molar-refractivity contribution in [3.8, 4) is 0 Å². The number of carbonyl (C=O) groups excluding carboxylic acids is 4. The van der Waals surface area contributed by atoms with Gasteiger partial charge in [-0.15, -0.1) is 0 Å². The van der Waals surface area contributed by atoms with Crippen molar-refractivity contribution in [1.29, 1.82) is 0 Å². The Labute approximate surface area is 173 Å². The maximum Gasteiger partial charge on any atom is 0.250 e. The van der Waals surface area contributed by atoms with Crippen molar-refractivity contribution in [3.63, 3.8) is 0 Å². The van der Waals surface area contributed by atoms with Gasteiger partial charge < -0.3 is 11.1 Å². The van der Waals surface area contributed by atoms with Gasteiger partial charge in [0, 0.05) is 34.8 Å².